The molecule has 2 amide bonds. The summed E-state index contributed by atoms with van der Waals surface area (Å²) in [5, 5.41) is 2.87. The lowest BCUT2D eigenvalue weighted by Crippen LogP contribution is -2.42. The predicted octanol–water partition coefficient (Wildman–Crippen LogP) is 1.34. The van der Waals surface area contributed by atoms with E-state index in [9.17, 15) is 9.59 Å². The van der Waals surface area contributed by atoms with Crippen molar-refractivity contribution in [2.24, 2.45) is 0 Å². The van der Waals surface area contributed by atoms with Crippen LogP contribution in [0.25, 0.3) is 0 Å². The maximum atomic E-state index is 12.2. The highest BCUT2D eigenvalue weighted by Gasteiger charge is 2.29. The van der Waals surface area contributed by atoms with Crippen LogP contribution in [0.15, 0.2) is 18.2 Å². The molecular formula is C16H20N2O4. The number of amides is 2. The summed E-state index contributed by atoms with van der Waals surface area (Å²) in [6, 6.07) is 5.12. The average molecular weight is 304 g/mol. The molecule has 0 bridgehead atoms. The predicted molar refractivity (Wildman–Crippen MR) is 81.2 cm³/mol. The first-order chi connectivity index (χ1) is 10.6. The van der Waals surface area contributed by atoms with E-state index >= 15 is 0 Å². The maximum Gasteiger partial charge on any atom is 0.267 e. The Morgan fingerprint density at radius 2 is 2.27 bits per heavy atom. The van der Waals surface area contributed by atoms with Crippen LogP contribution in [0.2, 0.25) is 0 Å². The molecule has 1 aromatic rings. The monoisotopic (exact) mass is 304 g/mol. The molecule has 2 aliphatic rings. The zero-order valence-electron chi connectivity index (χ0n) is 12.8. The van der Waals surface area contributed by atoms with Gasteiger partial charge in [0.05, 0.1) is 11.8 Å². The Hall–Kier alpha value is -2.08. The molecule has 2 atom stereocenters. The molecule has 0 radical (unpaired) electrons. The molecule has 1 fully saturated rings. The first kappa shape index (κ1) is 14.8. The van der Waals surface area contributed by atoms with Crippen molar-refractivity contribution in [3.8, 4) is 5.75 Å². The van der Waals surface area contributed by atoms with Gasteiger partial charge in [-0.15, -0.1) is 0 Å². The minimum Gasteiger partial charge on any atom is -0.479 e. The molecule has 2 heterocycles. The summed E-state index contributed by atoms with van der Waals surface area (Å²) in [4.78, 5) is 25.7. The lowest BCUT2D eigenvalue weighted by molar-refractivity contribution is -0.125. The zero-order valence-corrected chi connectivity index (χ0v) is 12.8. The summed E-state index contributed by atoms with van der Waals surface area (Å²) < 4.78 is 11.0. The van der Waals surface area contributed by atoms with Crippen molar-refractivity contribution < 1.29 is 19.1 Å². The Morgan fingerprint density at radius 1 is 1.45 bits per heavy atom. The number of hydrogen-bond donors (Lipinski definition) is 1. The van der Waals surface area contributed by atoms with Gasteiger partial charge in [0.25, 0.3) is 11.8 Å². The van der Waals surface area contributed by atoms with E-state index in [0.717, 1.165) is 19.4 Å². The Labute approximate surface area is 129 Å². The van der Waals surface area contributed by atoms with Gasteiger partial charge in [-0.25, -0.2) is 0 Å². The van der Waals surface area contributed by atoms with E-state index in [1.165, 1.54) is 4.90 Å². The molecule has 0 aliphatic carbocycles. The van der Waals surface area contributed by atoms with Crippen molar-refractivity contribution in [2.75, 3.05) is 25.1 Å². The molecule has 1 saturated heterocycles. The number of anilines is 1. The summed E-state index contributed by atoms with van der Waals surface area (Å²) in [5.41, 5.74) is 1.13. The van der Waals surface area contributed by atoms with Crippen LogP contribution in [0, 0.1) is 0 Å². The van der Waals surface area contributed by atoms with Crippen LogP contribution < -0.4 is 15.0 Å². The molecule has 118 valence electrons. The fourth-order valence-corrected chi connectivity index (χ4v) is 2.77. The number of nitrogens with one attached hydrogen (secondary N) is 1. The third-order valence-electron chi connectivity index (χ3n) is 4.08. The van der Waals surface area contributed by atoms with E-state index < -0.39 is 6.10 Å². The Morgan fingerprint density at radius 3 is 3.00 bits per heavy atom. The minimum atomic E-state index is -0.503. The molecule has 22 heavy (non-hydrogen) atoms. The fourth-order valence-electron chi connectivity index (χ4n) is 2.77. The smallest absolute Gasteiger partial charge is 0.267 e. The second-order valence-electron chi connectivity index (χ2n) is 5.68. The highest BCUT2D eigenvalue weighted by Crippen LogP contribution is 2.33. The second kappa shape index (κ2) is 5.96. The number of hydrogen-bond acceptors (Lipinski definition) is 4. The van der Waals surface area contributed by atoms with E-state index in [2.05, 4.69) is 5.32 Å². The molecule has 1 N–H and O–H groups in total. The highest BCUT2D eigenvalue weighted by molar-refractivity contribution is 6.02. The van der Waals surface area contributed by atoms with E-state index in [1.54, 1.807) is 32.2 Å². The molecule has 6 nitrogen and oxygen atoms in total. The third kappa shape index (κ3) is 2.78. The van der Waals surface area contributed by atoms with Crippen molar-refractivity contribution in [1.82, 2.24) is 5.32 Å². The Kier molecular flexibility index (Phi) is 4.02. The molecule has 1 aromatic carbocycles. The number of likely N-dealkylation sites (N-methyl/N-ethyl adjacent to an activating group) is 1. The molecule has 3 rings (SSSR count). The lowest BCUT2D eigenvalue weighted by atomic mass is 10.1. The van der Waals surface area contributed by atoms with Crippen LogP contribution in [0.4, 0.5) is 5.69 Å². The summed E-state index contributed by atoms with van der Waals surface area (Å²) in [5.74, 6) is 0.326. The van der Waals surface area contributed by atoms with Crippen molar-refractivity contribution in [3.05, 3.63) is 23.8 Å². The average Bonchev–Trinajstić information content (AvgIpc) is 3.03. The summed E-state index contributed by atoms with van der Waals surface area (Å²) in [6.07, 6.45) is 1.63. The quantitative estimate of drug-likeness (QED) is 0.915. The summed E-state index contributed by atoms with van der Waals surface area (Å²) in [7, 11) is 1.69. The van der Waals surface area contributed by atoms with Gasteiger partial charge in [0.1, 0.15) is 5.75 Å². The summed E-state index contributed by atoms with van der Waals surface area (Å²) >= 11 is 0. The van der Waals surface area contributed by atoms with Crippen LogP contribution in [0.3, 0.4) is 0 Å². The number of carbonyl (C=O) groups excluding carboxylic acids is 2. The molecule has 0 spiro atoms. The number of benzene rings is 1. The largest absolute Gasteiger partial charge is 0.479 e. The number of fused-ring (bicyclic) bond motifs is 1. The van der Waals surface area contributed by atoms with Crippen LogP contribution in [0.5, 0.6) is 5.75 Å². The first-order valence-corrected chi connectivity index (χ1v) is 7.54. The first-order valence-electron chi connectivity index (χ1n) is 7.54. The third-order valence-corrected chi connectivity index (χ3v) is 4.08. The van der Waals surface area contributed by atoms with E-state index in [-0.39, 0.29) is 17.9 Å². The van der Waals surface area contributed by atoms with Gasteiger partial charge >= 0.3 is 0 Å². The van der Waals surface area contributed by atoms with E-state index in [0.29, 0.717) is 23.5 Å². The Bertz CT molecular complexity index is 596. The van der Waals surface area contributed by atoms with Gasteiger partial charge in [-0.3, -0.25) is 9.59 Å². The summed E-state index contributed by atoms with van der Waals surface area (Å²) in [6.45, 7) is 2.99. The topological polar surface area (TPSA) is 67.9 Å². The van der Waals surface area contributed by atoms with Gasteiger partial charge in [0.15, 0.2) is 6.10 Å². The van der Waals surface area contributed by atoms with Gasteiger partial charge in [-0.05, 0) is 38.0 Å². The molecule has 2 aliphatic heterocycles. The van der Waals surface area contributed by atoms with Crippen molar-refractivity contribution in [1.29, 1.82) is 0 Å². The van der Waals surface area contributed by atoms with Crippen molar-refractivity contribution in [3.63, 3.8) is 0 Å². The molecular weight excluding hydrogens is 284 g/mol. The number of ether oxygens (including phenoxy) is 2. The van der Waals surface area contributed by atoms with E-state index in [4.69, 9.17) is 9.47 Å². The molecule has 6 heteroatoms. The van der Waals surface area contributed by atoms with Crippen LogP contribution in [-0.4, -0.2) is 44.2 Å². The zero-order chi connectivity index (χ0) is 15.7. The van der Waals surface area contributed by atoms with E-state index in [1.807, 2.05) is 0 Å². The SMILES string of the molecule is CC1Oc2ccc(C(=O)NCC3CCCO3)cc2N(C)C1=O. The standard InChI is InChI=1S/C16H20N2O4/c1-10-16(20)18(2)13-8-11(5-6-14(13)22-10)15(19)17-9-12-4-3-7-21-12/h5-6,8,10,12H,3-4,7,9H2,1-2H3,(H,17,19). The van der Waals surface area contributed by atoms with Gasteiger partial charge in [0, 0.05) is 25.8 Å². The number of rotatable bonds is 3. The van der Waals surface area contributed by atoms with Gasteiger partial charge in [-0.2, -0.15) is 0 Å². The number of nitrogens with zero attached hydrogens (tertiary/aromatic N) is 1. The van der Waals surface area contributed by atoms with Crippen LogP contribution in [0.1, 0.15) is 30.1 Å². The van der Waals surface area contributed by atoms with Gasteiger partial charge < -0.3 is 19.7 Å². The van der Waals surface area contributed by atoms with Gasteiger partial charge in [0.2, 0.25) is 0 Å². The molecule has 0 aromatic heterocycles. The maximum absolute atomic E-state index is 12.2. The normalized spacial score (nSPS) is 23.9. The van der Waals surface area contributed by atoms with Crippen molar-refractivity contribution in [2.45, 2.75) is 32.0 Å². The fraction of sp³-hybridized carbons (Fsp3) is 0.500. The number of carbonyl (C=O) groups is 2. The molecule has 2 unspecified atom stereocenters. The van der Waals surface area contributed by atoms with Gasteiger partial charge in [-0.1, -0.05) is 0 Å². The Balaban J connectivity index is 1.72. The minimum absolute atomic E-state index is 0.106. The van der Waals surface area contributed by atoms with Crippen LogP contribution >= 0.6 is 0 Å². The van der Waals surface area contributed by atoms with Crippen LogP contribution in [-0.2, 0) is 9.53 Å². The highest BCUT2D eigenvalue weighted by atomic mass is 16.5. The second-order valence-corrected chi connectivity index (χ2v) is 5.68. The molecule has 0 saturated carbocycles. The van der Waals surface area contributed by atoms with Crippen molar-refractivity contribution >= 4 is 17.5 Å². The lowest BCUT2D eigenvalue weighted by Gasteiger charge is -2.30.